The number of carbonyl (C=O) groups excluding carboxylic acids is 1. The van der Waals surface area contributed by atoms with Crippen LogP contribution in [-0.2, 0) is 4.79 Å². The molecule has 2 aliphatic heterocycles. The zero-order valence-corrected chi connectivity index (χ0v) is 12.3. The number of amides is 1. The van der Waals surface area contributed by atoms with Crippen LogP contribution in [0, 0.1) is 5.92 Å². The average molecular weight is 267 g/mol. The van der Waals surface area contributed by atoms with Crippen molar-refractivity contribution >= 4 is 5.91 Å². The van der Waals surface area contributed by atoms with Gasteiger partial charge in [0.2, 0.25) is 5.91 Å². The van der Waals surface area contributed by atoms with Crippen LogP contribution in [0.2, 0.25) is 0 Å². The van der Waals surface area contributed by atoms with Gasteiger partial charge in [-0.15, -0.1) is 0 Å². The van der Waals surface area contributed by atoms with Crippen LogP contribution in [0.4, 0.5) is 0 Å². The van der Waals surface area contributed by atoms with Gasteiger partial charge in [-0.3, -0.25) is 4.79 Å². The maximum atomic E-state index is 12.0. The summed E-state index contributed by atoms with van der Waals surface area (Å²) in [7, 11) is 0. The Kier molecular flexibility index (Phi) is 6.11. The van der Waals surface area contributed by atoms with Crippen LogP contribution < -0.4 is 10.6 Å². The minimum absolute atomic E-state index is 0.0518. The van der Waals surface area contributed by atoms with Crippen molar-refractivity contribution < 1.29 is 4.79 Å². The topological polar surface area (TPSA) is 44.4 Å². The predicted molar refractivity (Wildman–Crippen MR) is 78.1 cm³/mol. The van der Waals surface area contributed by atoms with Crippen molar-refractivity contribution in [3.05, 3.63) is 0 Å². The lowest BCUT2D eigenvalue weighted by atomic mass is 10.0. The largest absolute Gasteiger partial charge is 0.354 e. The van der Waals surface area contributed by atoms with Gasteiger partial charge in [0.15, 0.2) is 0 Å². The molecule has 2 heterocycles. The van der Waals surface area contributed by atoms with E-state index in [1.807, 2.05) is 0 Å². The Morgan fingerprint density at radius 2 is 2.05 bits per heavy atom. The molecule has 4 heteroatoms. The second kappa shape index (κ2) is 7.85. The molecule has 2 atom stereocenters. The number of piperidine rings is 2. The van der Waals surface area contributed by atoms with Crippen LogP contribution in [0.25, 0.3) is 0 Å². The summed E-state index contributed by atoms with van der Waals surface area (Å²) in [4.78, 5) is 14.5. The molecule has 2 aliphatic rings. The first kappa shape index (κ1) is 14.8. The highest BCUT2D eigenvalue weighted by Crippen LogP contribution is 2.11. The number of rotatable bonds is 5. The summed E-state index contributed by atoms with van der Waals surface area (Å²) >= 11 is 0. The maximum Gasteiger partial charge on any atom is 0.237 e. The van der Waals surface area contributed by atoms with E-state index in [0.29, 0.717) is 5.92 Å². The summed E-state index contributed by atoms with van der Waals surface area (Å²) in [5, 5.41) is 6.42. The van der Waals surface area contributed by atoms with Gasteiger partial charge < -0.3 is 15.5 Å². The number of nitrogens with one attached hydrogen (secondary N) is 2. The van der Waals surface area contributed by atoms with Crippen molar-refractivity contribution in [1.82, 2.24) is 15.5 Å². The van der Waals surface area contributed by atoms with Gasteiger partial charge >= 0.3 is 0 Å². The Balaban J connectivity index is 1.61. The fourth-order valence-corrected chi connectivity index (χ4v) is 3.12. The molecule has 110 valence electrons. The highest BCUT2D eigenvalue weighted by atomic mass is 16.2. The number of nitrogens with zero attached hydrogens (tertiary/aromatic N) is 1. The molecule has 19 heavy (non-hydrogen) atoms. The first-order valence-electron chi connectivity index (χ1n) is 7.99. The van der Waals surface area contributed by atoms with Crippen molar-refractivity contribution in [3.8, 4) is 0 Å². The number of hydrogen-bond donors (Lipinski definition) is 2. The molecule has 0 aromatic carbocycles. The molecule has 0 radical (unpaired) electrons. The zero-order chi connectivity index (χ0) is 13.5. The number of likely N-dealkylation sites (tertiary alicyclic amines) is 1. The number of hydrogen-bond acceptors (Lipinski definition) is 3. The second-order valence-electron chi connectivity index (χ2n) is 6.21. The molecule has 1 unspecified atom stereocenters. The number of carbonyl (C=O) groups is 1. The molecule has 4 nitrogen and oxygen atoms in total. The van der Waals surface area contributed by atoms with Gasteiger partial charge in [-0.25, -0.2) is 0 Å². The van der Waals surface area contributed by atoms with E-state index >= 15 is 0 Å². The highest BCUT2D eigenvalue weighted by molar-refractivity contribution is 5.81. The first-order valence-corrected chi connectivity index (χ1v) is 7.99. The van der Waals surface area contributed by atoms with Crippen LogP contribution in [-0.4, -0.2) is 49.6 Å². The third-order valence-electron chi connectivity index (χ3n) is 4.27. The van der Waals surface area contributed by atoms with Crippen molar-refractivity contribution in [2.45, 2.75) is 51.5 Å². The Labute approximate surface area is 117 Å². The lowest BCUT2D eigenvalue weighted by Gasteiger charge is -2.29. The Bertz CT molecular complexity index is 271. The van der Waals surface area contributed by atoms with Gasteiger partial charge in [0, 0.05) is 13.1 Å². The summed E-state index contributed by atoms with van der Waals surface area (Å²) in [6.45, 7) is 7.64. The van der Waals surface area contributed by atoms with E-state index in [2.05, 4.69) is 22.5 Å². The fourth-order valence-electron chi connectivity index (χ4n) is 3.12. The van der Waals surface area contributed by atoms with Gasteiger partial charge in [0.1, 0.15) is 0 Å². The van der Waals surface area contributed by atoms with Gasteiger partial charge in [0.05, 0.1) is 6.04 Å². The molecule has 0 saturated carbocycles. The third kappa shape index (κ3) is 5.11. The quantitative estimate of drug-likeness (QED) is 0.791. The maximum absolute atomic E-state index is 12.0. The molecule has 0 bridgehead atoms. The van der Waals surface area contributed by atoms with Crippen molar-refractivity contribution in [1.29, 1.82) is 0 Å². The van der Waals surface area contributed by atoms with E-state index in [-0.39, 0.29) is 11.9 Å². The minimum Gasteiger partial charge on any atom is -0.354 e. The normalized spacial score (nSPS) is 26.9. The summed E-state index contributed by atoms with van der Waals surface area (Å²) in [5.41, 5.74) is 0. The van der Waals surface area contributed by atoms with Gasteiger partial charge in [0.25, 0.3) is 0 Å². The van der Waals surface area contributed by atoms with Gasteiger partial charge in [-0.1, -0.05) is 19.8 Å². The second-order valence-corrected chi connectivity index (χ2v) is 6.21. The molecule has 2 N–H and O–H groups in total. The Morgan fingerprint density at radius 3 is 2.74 bits per heavy atom. The van der Waals surface area contributed by atoms with Crippen LogP contribution in [0.5, 0.6) is 0 Å². The summed E-state index contributed by atoms with van der Waals surface area (Å²) in [6.07, 6.45) is 7.43. The van der Waals surface area contributed by atoms with Crippen molar-refractivity contribution in [3.63, 3.8) is 0 Å². The molecule has 2 fully saturated rings. The van der Waals surface area contributed by atoms with Crippen LogP contribution in [0.3, 0.4) is 0 Å². The van der Waals surface area contributed by atoms with Crippen LogP contribution >= 0.6 is 0 Å². The Hall–Kier alpha value is -0.610. The molecule has 0 aliphatic carbocycles. The zero-order valence-electron chi connectivity index (χ0n) is 12.3. The van der Waals surface area contributed by atoms with Crippen LogP contribution in [0.15, 0.2) is 0 Å². The Morgan fingerprint density at radius 1 is 1.26 bits per heavy atom. The molecule has 0 aromatic heterocycles. The fraction of sp³-hybridized carbons (Fsp3) is 0.933. The lowest BCUT2D eigenvalue weighted by Crippen LogP contribution is -2.48. The SMILES string of the molecule is CC(CNC(=O)[C@@H]1CCCCN1)CN1CCCCC1. The van der Waals surface area contributed by atoms with Crippen molar-refractivity contribution in [2.24, 2.45) is 5.92 Å². The highest BCUT2D eigenvalue weighted by Gasteiger charge is 2.21. The smallest absolute Gasteiger partial charge is 0.237 e. The van der Waals surface area contributed by atoms with E-state index in [4.69, 9.17) is 0 Å². The summed E-state index contributed by atoms with van der Waals surface area (Å²) < 4.78 is 0. The van der Waals surface area contributed by atoms with E-state index in [9.17, 15) is 4.79 Å². The van der Waals surface area contributed by atoms with E-state index in [0.717, 1.165) is 26.1 Å². The predicted octanol–water partition coefficient (Wildman–Crippen LogP) is 1.37. The molecule has 0 aromatic rings. The minimum atomic E-state index is 0.0518. The first-order chi connectivity index (χ1) is 9.25. The summed E-state index contributed by atoms with van der Waals surface area (Å²) in [5.74, 6) is 0.746. The van der Waals surface area contributed by atoms with Crippen molar-refractivity contribution in [2.75, 3.05) is 32.7 Å². The molecular formula is C15H29N3O. The molecular weight excluding hydrogens is 238 g/mol. The van der Waals surface area contributed by atoms with Gasteiger partial charge in [-0.2, -0.15) is 0 Å². The van der Waals surface area contributed by atoms with E-state index < -0.39 is 0 Å². The van der Waals surface area contributed by atoms with Gasteiger partial charge in [-0.05, 0) is 51.2 Å². The average Bonchev–Trinajstić information content (AvgIpc) is 2.47. The van der Waals surface area contributed by atoms with E-state index in [1.165, 1.54) is 45.2 Å². The molecule has 0 spiro atoms. The van der Waals surface area contributed by atoms with Crippen LogP contribution in [0.1, 0.15) is 45.4 Å². The molecule has 1 amide bonds. The monoisotopic (exact) mass is 267 g/mol. The molecule has 2 saturated heterocycles. The molecule has 2 rings (SSSR count). The van der Waals surface area contributed by atoms with E-state index in [1.54, 1.807) is 0 Å². The lowest BCUT2D eigenvalue weighted by molar-refractivity contribution is -0.123. The third-order valence-corrected chi connectivity index (χ3v) is 4.27. The summed E-state index contributed by atoms with van der Waals surface area (Å²) in [6, 6.07) is 0.0518. The standard InChI is InChI=1S/C15H29N3O/c1-13(12-18-9-5-2-6-10-18)11-17-15(19)14-7-3-4-8-16-14/h13-14,16H,2-12H2,1H3,(H,17,19)/t13?,14-/m0/s1.